The Kier molecular flexibility index (Phi) is 3.50. The van der Waals surface area contributed by atoms with Crippen molar-refractivity contribution in [3.63, 3.8) is 0 Å². The lowest BCUT2D eigenvalue weighted by Crippen LogP contribution is -1.96. The van der Waals surface area contributed by atoms with Crippen LogP contribution in [0.1, 0.15) is 0 Å². The van der Waals surface area contributed by atoms with E-state index in [1.807, 2.05) is 0 Å². The van der Waals surface area contributed by atoms with Gasteiger partial charge in [0, 0.05) is 7.05 Å². The molecule has 0 bridgehead atoms. The average Bonchev–Trinajstić information content (AvgIpc) is 1.68. The van der Waals surface area contributed by atoms with Crippen LogP contribution in [0.15, 0.2) is 4.99 Å². The molecule has 7 heavy (non-hydrogen) atoms. The molecule has 0 atom stereocenters. The Morgan fingerprint density at radius 3 is 2.57 bits per heavy atom. The second-order valence-corrected chi connectivity index (χ2v) is 1.31. The van der Waals surface area contributed by atoms with E-state index in [9.17, 15) is 0 Å². The molecule has 2 nitrogen and oxygen atoms in total. The molecule has 0 aromatic heterocycles. The Morgan fingerprint density at radius 1 is 1.86 bits per heavy atom. The van der Waals surface area contributed by atoms with Crippen LogP contribution >= 0.6 is 12.2 Å². The summed E-state index contributed by atoms with van der Waals surface area (Å²) in [6.45, 7) is 0. The van der Waals surface area contributed by atoms with Crippen LogP contribution in [0, 0.1) is 0 Å². The van der Waals surface area contributed by atoms with E-state index in [0.717, 1.165) is 0 Å². The van der Waals surface area contributed by atoms with Crippen LogP contribution in [0.5, 0.6) is 0 Å². The fourth-order valence-electron chi connectivity index (χ4n) is 0.158. The van der Waals surface area contributed by atoms with E-state index in [4.69, 9.17) is 0 Å². The fraction of sp³-hybridized carbons (Fsp3) is 0.500. The maximum Gasteiger partial charge on any atom is 0.201 e. The summed E-state index contributed by atoms with van der Waals surface area (Å²) in [6.07, 6.45) is 1.48. The van der Waals surface area contributed by atoms with Gasteiger partial charge in [0.1, 0.15) is 0 Å². The third kappa shape index (κ3) is 3.39. The van der Waals surface area contributed by atoms with Gasteiger partial charge >= 0.3 is 0 Å². The molecule has 0 amide bonds. The van der Waals surface area contributed by atoms with Gasteiger partial charge in [0.25, 0.3) is 0 Å². The van der Waals surface area contributed by atoms with E-state index in [0.29, 0.717) is 5.05 Å². The Hall–Kier alpha value is -0.440. The topological polar surface area (TPSA) is 21.6 Å². The second kappa shape index (κ2) is 3.74. The Labute approximate surface area is 48.2 Å². The maximum absolute atomic E-state index is 4.58. The lowest BCUT2D eigenvalue weighted by atomic mass is 10.8. The molecule has 0 fully saturated rings. The monoisotopic (exact) mass is 117 g/mol. The van der Waals surface area contributed by atoms with Crippen LogP contribution in [0.4, 0.5) is 0 Å². The lowest BCUT2D eigenvalue weighted by molar-refractivity contribution is 0.423. The highest BCUT2D eigenvalue weighted by atomic mass is 32.1. The van der Waals surface area contributed by atoms with E-state index < -0.39 is 0 Å². The Bertz CT molecular complexity index is 89.7. The van der Waals surface area contributed by atoms with Crippen LogP contribution in [0.25, 0.3) is 0 Å². The van der Waals surface area contributed by atoms with Crippen LogP contribution in [-0.4, -0.2) is 25.4 Å². The van der Waals surface area contributed by atoms with Crippen molar-refractivity contribution in [2.75, 3.05) is 14.2 Å². The summed E-state index contributed by atoms with van der Waals surface area (Å²) in [5, 5.41) is 0.419. The molecule has 0 unspecified atom stereocenters. The molecule has 3 heteroatoms. The van der Waals surface area contributed by atoms with Gasteiger partial charge in [-0.05, 0) is 12.2 Å². The minimum atomic E-state index is 0.419. The molecule has 0 aliphatic heterocycles. The molecule has 0 rings (SSSR count). The first-order chi connectivity index (χ1) is 3.31. The molecule has 0 aliphatic rings. The van der Waals surface area contributed by atoms with Crippen molar-refractivity contribution >= 4 is 23.5 Å². The molecule has 0 aliphatic carbocycles. The van der Waals surface area contributed by atoms with E-state index in [-0.39, 0.29) is 0 Å². The number of methoxy groups -OCH3 is 1. The summed E-state index contributed by atoms with van der Waals surface area (Å²) >= 11 is 4.58. The molecule has 0 saturated carbocycles. The van der Waals surface area contributed by atoms with Gasteiger partial charge in [0.05, 0.1) is 13.3 Å². The standard InChI is InChI=1S/C4H7NOS/c1-5-3-4(7)6-2/h3H,1-2H3. The van der Waals surface area contributed by atoms with Gasteiger partial charge in [-0.15, -0.1) is 0 Å². The number of nitrogens with zero attached hydrogens (tertiary/aromatic N) is 1. The zero-order valence-electron chi connectivity index (χ0n) is 4.34. The summed E-state index contributed by atoms with van der Waals surface area (Å²) in [5.74, 6) is 0. The van der Waals surface area contributed by atoms with E-state index >= 15 is 0 Å². The minimum Gasteiger partial charge on any atom is -0.486 e. The van der Waals surface area contributed by atoms with Crippen molar-refractivity contribution in [2.24, 2.45) is 4.99 Å². The number of aliphatic imine (C=N–C) groups is 1. The zero-order chi connectivity index (χ0) is 5.70. The summed E-state index contributed by atoms with van der Waals surface area (Å²) in [4.78, 5) is 3.62. The summed E-state index contributed by atoms with van der Waals surface area (Å²) < 4.78 is 4.57. The smallest absolute Gasteiger partial charge is 0.201 e. The predicted molar refractivity (Wildman–Crippen MR) is 34.0 cm³/mol. The van der Waals surface area contributed by atoms with Gasteiger partial charge in [-0.1, -0.05) is 0 Å². The van der Waals surface area contributed by atoms with E-state index in [1.165, 1.54) is 13.3 Å². The normalized spacial score (nSPS) is 9.43. The first-order valence-corrected chi connectivity index (χ1v) is 2.22. The van der Waals surface area contributed by atoms with Crippen molar-refractivity contribution < 1.29 is 4.74 Å². The fourth-order valence-corrected chi connectivity index (χ4v) is 0.264. The maximum atomic E-state index is 4.58. The second-order valence-electron chi connectivity index (χ2n) is 0.910. The molecule has 0 radical (unpaired) electrons. The SMILES string of the molecule is CN=CC(=S)OC. The number of ether oxygens (including phenoxy) is 1. The highest BCUT2D eigenvalue weighted by Gasteiger charge is 1.79. The molecular weight excluding hydrogens is 110 g/mol. The highest BCUT2D eigenvalue weighted by molar-refractivity contribution is 7.81. The van der Waals surface area contributed by atoms with Crippen molar-refractivity contribution in [3.8, 4) is 0 Å². The molecule has 0 aromatic rings. The summed E-state index contributed by atoms with van der Waals surface area (Å²) in [5.41, 5.74) is 0. The van der Waals surface area contributed by atoms with Gasteiger partial charge in [-0.2, -0.15) is 0 Å². The highest BCUT2D eigenvalue weighted by Crippen LogP contribution is 1.70. The lowest BCUT2D eigenvalue weighted by Gasteiger charge is -1.88. The average molecular weight is 117 g/mol. The number of hydrogen-bond donors (Lipinski definition) is 0. The first kappa shape index (κ1) is 6.56. The minimum absolute atomic E-state index is 0.419. The molecule has 0 spiro atoms. The zero-order valence-corrected chi connectivity index (χ0v) is 5.16. The quantitative estimate of drug-likeness (QED) is 0.372. The molecule has 40 valence electrons. The molecule has 0 aromatic carbocycles. The van der Waals surface area contributed by atoms with Gasteiger partial charge in [-0.25, -0.2) is 0 Å². The predicted octanol–water partition coefficient (Wildman–Crippen LogP) is 0.661. The van der Waals surface area contributed by atoms with Gasteiger partial charge in [-0.3, -0.25) is 4.99 Å². The Morgan fingerprint density at radius 2 is 2.43 bits per heavy atom. The molecule has 0 heterocycles. The van der Waals surface area contributed by atoms with Gasteiger partial charge < -0.3 is 4.74 Å². The van der Waals surface area contributed by atoms with E-state index in [1.54, 1.807) is 7.05 Å². The number of thiocarbonyl (C=S) groups is 1. The van der Waals surface area contributed by atoms with Crippen LogP contribution in [0.3, 0.4) is 0 Å². The van der Waals surface area contributed by atoms with Crippen molar-refractivity contribution in [1.29, 1.82) is 0 Å². The first-order valence-electron chi connectivity index (χ1n) is 1.81. The molecular formula is C4H7NOS. The van der Waals surface area contributed by atoms with Crippen LogP contribution in [0.2, 0.25) is 0 Å². The third-order valence-electron chi connectivity index (χ3n) is 0.436. The molecule has 0 N–H and O–H groups in total. The molecule has 0 saturated heterocycles. The summed E-state index contributed by atoms with van der Waals surface area (Å²) in [6, 6.07) is 0. The largest absolute Gasteiger partial charge is 0.486 e. The van der Waals surface area contributed by atoms with Gasteiger partial charge in [0.15, 0.2) is 0 Å². The number of hydrogen-bond acceptors (Lipinski definition) is 3. The van der Waals surface area contributed by atoms with E-state index in [2.05, 4.69) is 21.9 Å². The van der Waals surface area contributed by atoms with Crippen molar-refractivity contribution in [1.82, 2.24) is 0 Å². The van der Waals surface area contributed by atoms with Crippen LogP contribution < -0.4 is 0 Å². The van der Waals surface area contributed by atoms with Crippen LogP contribution in [-0.2, 0) is 4.74 Å². The number of rotatable bonds is 1. The Balaban J connectivity index is 3.37. The summed E-state index contributed by atoms with van der Waals surface area (Å²) in [7, 11) is 3.16. The van der Waals surface area contributed by atoms with Gasteiger partial charge in [0.2, 0.25) is 5.05 Å². The van der Waals surface area contributed by atoms with Crippen molar-refractivity contribution in [2.45, 2.75) is 0 Å². The van der Waals surface area contributed by atoms with Crippen molar-refractivity contribution in [3.05, 3.63) is 0 Å². The third-order valence-corrected chi connectivity index (χ3v) is 0.708.